The molecule has 1 amide bonds. The van der Waals surface area contributed by atoms with E-state index in [-0.39, 0.29) is 28.6 Å². The first-order chi connectivity index (χ1) is 16.3. The molecular weight excluding hydrogens is 448 g/mol. The maximum absolute atomic E-state index is 13.3. The number of nitrogens with one attached hydrogen (secondary N) is 2. The van der Waals surface area contributed by atoms with Crippen molar-refractivity contribution in [2.45, 2.75) is 63.6 Å². The Kier molecular flexibility index (Phi) is 7.38. The summed E-state index contributed by atoms with van der Waals surface area (Å²) in [5.41, 5.74) is 3.10. The summed E-state index contributed by atoms with van der Waals surface area (Å²) in [5.74, 6) is 0.0952. The van der Waals surface area contributed by atoms with Gasteiger partial charge in [0.15, 0.2) is 0 Å². The summed E-state index contributed by atoms with van der Waals surface area (Å²) in [7, 11) is -3.64. The smallest absolute Gasteiger partial charge is 0.263 e. The molecular formula is C26H34N4O3S. The molecule has 8 heteroatoms. The Hall–Kier alpha value is -2.71. The number of aryl methyl sites for hydroxylation is 1. The van der Waals surface area contributed by atoms with Gasteiger partial charge >= 0.3 is 0 Å². The SMILES string of the molecule is CC[C@H](C)[C@H](N=C1NS(=O)(=O)c2ccccc21)C(=O)NC1CCN(Cc2cccc(C)c2)CC1. The average molecular weight is 483 g/mol. The van der Waals surface area contributed by atoms with Gasteiger partial charge in [0.05, 0.1) is 4.90 Å². The first kappa shape index (κ1) is 24.4. The van der Waals surface area contributed by atoms with E-state index in [0.29, 0.717) is 5.56 Å². The van der Waals surface area contributed by atoms with E-state index in [0.717, 1.165) is 38.9 Å². The van der Waals surface area contributed by atoms with E-state index in [2.05, 4.69) is 51.1 Å². The van der Waals surface area contributed by atoms with Crippen LogP contribution in [0.15, 0.2) is 58.4 Å². The molecule has 1 fully saturated rings. The number of amidine groups is 1. The van der Waals surface area contributed by atoms with Crippen molar-refractivity contribution in [3.8, 4) is 0 Å². The molecule has 0 aromatic heterocycles. The molecule has 0 unspecified atom stereocenters. The fourth-order valence-electron chi connectivity index (χ4n) is 4.63. The van der Waals surface area contributed by atoms with E-state index >= 15 is 0 Å². The minimum atomic E-state index is -3.64. The summed E-state index contributed by atoms with van der Waals surface area (Å²) in [6, 6.07) is 14.8. The van der Waals surface area contributed by atoms with Crippen LogP contribution in [0.2, 0.25) is 0 Å². The summed E-state index contributed by atoms with van der Waals surface area (Å²) in [6.45, 7) is 8.88. The molecule has 2 aromatic rings. The van der Waals surface area contributed by atoms with Crippen LogP contribution in [-0.4, -0.2) is 50.2 Å². The van der Waals surface area contributed by atoms with Gasteiger partial charge in [-0.2, -0.15) is 0 Å². The molecule has 2 aliphatic heterocycles. The minimum absolute atomic E-state index is 0.0221. The van der Waals surface area contributed by atoms with Crippen molar-refractivity contribution < 1.29 is 13.2 Å². The van der Waals surface area contributed by atoms with E-state index in [4.69, 9.17) is 0 Å². The number of nitrogens with zero attached hydrogens (tertiary/aromatic N) is 2. The number of carbonyl (C=O) groups excluding carboxylic acids is 1. The lowest BCUT2D eigenvalue weighted by Gasteiger charge is -2.33. The monoisotopic (exact) mass is 482 g/mol. The largest absolute Gasteiger partial charge is 0.351 e. The third-order valence-corrected chi connectivity index (χ3v) is 8.20. The molecule has 7 nitrogen and oxygen atoms in total. The Balaban J connectivity index is 1.41. The van der Waals surface area contributed by atoms with Crippen molar-refractivity contribution in [1.82, 2.24) is 14.9 Å². The number of piperidine rings is 1. The Morgan fingerprint density at radius 3 is 2.62 bits per heavy atom. The number of hydrogen-bond donors (Lipinski definition) is 2. The normalized spacial score (nSPS) is 21.0. The molecule has 34 heavy (non-hydrogen) atoms. The van der Waals surface area contributed by atoms with Crippen LogP contribution in [0.3, 0.4) is 0 Å². The Morgan fingerprint density at radius 2 is 1.91 bits per heavy atom. The molecule has 0 aliphatic carbocycles. The number of amides is 1. The third-order valence-electron chi connectivity index (χ3n) is 6.81. The highest BCUT2D eigenvalue weighted by Crippen LogP contribution is 2.24. The van der Waals surface area contributed by atoms with Gasteiger partial charge in [-0.05, 0) is 43.4 Å². The molecule has 2 heterocycles. The molecule has 182 valence electrons. The molecule has 0 bridgehead atoms. The van der Waals surface area contributed by atoms with Crippen molar-refractivity contribution in [1.29, 1.82) is 0 Å². The second-order valence-corrected chi connectivity index (χ2v) is 11.1. The van der Waals surface area contributed by atoms with E-state index in [1.165, 1.54) is 11.1 Å². The van der Waals surface area contributed by atoms with Crippen LogP contribution in [-0.2, 0) is 21.4 Å². The number of carbonyl (C=O) groups is 1. The van der Waals surface area contributed by atoms with Gasteiger partial charge in [-0.25, -0.2) is 8.42 Å². The van der Waals surface area contributed by atoms with Crippen molar-refractivity contribution in [2.75, 3.05) is 13.1 Å². The highest BCUT2D eigenvalue weighted by molar-refractivity contribution is 7.90. The quantitative estimate of drug-likeness (QED) is 0.634. The minimum Gasteiger partial charge on any atom is -0.351 e. The molecule has 2 aromatic carbocycles. The highest BCUT2D eigenvalue weighted by Gasteiger charge is 2.33. The van der Waals surface area contributed by atoms with Crippen LogP contribution in [0.5, 0.6) is 0 Å². The van der Waals surface area contributed by atoms with Crippen molar-refractivity contribution in [3.63, 3.8) is 0 Å². The zero-order valence-electron chi connectivity index (χ0n) is 20.1. The predicted molar refractivity (Wildman–Crippen MR) is 134 cm³/mol. The fraction of sp³-hybridized carbons (Fsp3) is 0.462. The number of likely N-dealkylation sites (tertiary alicyclic amines) is 1. The van der Waals surface area contributed by atoms with E-state index in [1.807, 2.05) is 13.8 Å². The van der Waals surface area contributed by atoms with Gasteiger partial charge in [0.25, 0.3) is 10.0 Å². The van der Waals surface area contributed by atoms with Gasteiger partial charge in [0, 0.05) is 31.2 Å². The zero-order chi connectivity index (χ0) is 24.3. The second kappa shape index (κ2) is 10.3. The lowest BCUT2D eigenvalue weighted by atomic mass is 9.97. The summed E-state index contributed by atoms with van der Waals surface area (Å²) in [5, 5.41) is 3.20. The van der Waals surface area contributed by atoms with Gasteiger partial charge in [-0.15, -0.1) is 0 Å². The van der Waals surface area contributed by atoms with Gasteiger partial charge in [-0.3, -0.25) is 19.4 Å². The van der Waals surface area contributed by atoms with E-state index in [1.54, 1.807) is 24.3 Å². The number of aliphatic imine (C=N–C) groups is 1. The highest BCUT2D eigenvalue weighted by atomic mass is 32.2. The lowest BCUT2D eigenvalue weighted by molar-refractivity contribution is -0.124. The maximum atomic E-state index is 13.3. The molecule has 2 N–H and O–H groups in total. The topological polar surface area (TPSA) is 90.9 Å². The summed E-state index contributed by atoms with van der Waals surface area (Å²) < 4.78 is 27.4. The molecule has 0 radical (unpaired) electrons. The average Bonchev–Trinajstić information content (AvgIpc) is 3.08. The first-order valence-electron chi connectivity index (χ1n) is 12.0. The van der Waals surface area contributed by atoms with Gasteiger partial charge in [0.1, 0.15) is 11.9 Å². The Labute approximate surface area is 202 Å². The number of hydrogen-bond acceptors (Lipinski definition) is 5. The summed E-state index contributed by atoms with van der Waals surface area (Å²) >= 11 is 0. The van der Waals surface area contributed by atoms with E-state index in [9.17, 15) is 13.2 Å². The maximum Gasteiger partial charge on any atom is 0.263 e. The first-order valence-corrected chi connectivity index (χ1v) is 13.5. The van der Waals surface area contributed by atoms with Crippen LogP contribution < -0.4 is 10.0 Å². The Bertz CT molecular complexity index is 1170. The van der Waals surface area contributed by atoms with Crippen LogP contribution in [0.1, 0.15) is 49.8 Å². The third kappa shape index (κ3) is 5.50. The molecule has 4 rings (SSSR count). The lowest BCUT2D eigenvalue weighted by Crippen LogP contribution is -2.48. The molecule has 2 atom stereocenters. The van der Waals surface area contributed by atoms with E-state index < -0.39 is 16.1 Å². The fourth-order valence-corrected chi connectivity index (χ4v) is 5.87. The van der Waals surface area contributed by atoms with Crippen molar-refractivity contribution in [3.05, 3.63) is 65.2 Å². The molecule has 1 saturated heterocycles. The number of rotatable bonds is 7. The van der Waals surface area contributed by atoms with Crippen LogP contribution in [0.25, 0.3) is 0 Å². The number of sulfonamides is 1. The molecule has 0 saturated carbocycles. The molecule has 2 aliphatic rings. The number of fused-ring (bicyclic) bond motifs is 1. The van der Waals surface area contributed by atoms with Crippen LogP contribution in [0.4, 0.5) is 0 Å². The number of benzene rings is 2. The molecule has 0 spiro atoms. The second-order valence-electron chi connectivity index (χ2n) is 9.46. The standard InChI is InChI=1S/C26H34N4O3S/c1-4-19(3)24(28-25-22-10-5-6-11-23(22)34(32,33)29-25)26(31)27-21-12-14-30(15-13-21)17-20-9-7-8-18(2)16-20/h5-11,16,19,21,24H,4,12-15,17H2,1-3H3,(H,27,31)(H,28,29)/t19-,24-/m0/s1. The summed E-state index contributed by atoms with van der Waals surface area (Å²) in [4.78, 5) is 20.5. The predicted octanol–water partition coefficient (Wildman–Crippen LogP) is 3.23. The van der Waals surface area contributed by atoms with Gasteiger partial charge in [0.2, 0.25) is 5.91 Å². The van der Waals surface area contributed by atoms with Crippen LogP contribution >= 0.6 is 0 Å². The van der Waals surface area contributed by atoms with Crippen molar-refractivity contribution >= 4 is 21.8 Å². The summed E-state index contributed by atoms with van der Waals surface area (Å²) in [6.07, 6.45) is 2.53. The zero-order valence-corrected chi connectivity index (χ0v) is 20.9. The van der Waals surface area contributed by atoms with Crippen molar-refractivity contribution in [2.24, 2.45) is 10.9 Å². The van der Waals surface area contributed by atoms with Gasteiger partial charge in [-0.1, -0.05) is 62.2 Å². The van der Waals surface area contributed by atoms with Crippen LogP contribution in [0, 0.1) is 12.8 Å². The Morgan fingerprint density at radius 1 is 1.18 bits per heavy atom. The van der Waals surface area contributed by atoms with Gasteiger partial charge < -0.3 is 5.32 Å².